The lowest BCUT2D eigenvalue weighted by molar-refractivity contribution is 0.642. The molecule has 1 fully saturated rings. The second-order valence-corrected chi connectivity index (χ2v) is 5.43. The van der Waals surface area contributed by atoms with Crippen molar-refractivity contribution in [2.24, 2.45) is 5.73 Å². The van der Waals surface area contributed by atoms with Gasteiger partial charge < -0.3 is 5.73 Å². The molecule has 0 saturated heterocycles. The first-order valence-electron chi connectivity index (χ1n) is 5.95. The highest BCUT2D eigenvalue weighted by molar-refractivity contribution is 7.99. The highest BCUT2D eigenvalue weighted by atomic mass is 32.2. The summed E-state index contributed by atoms with van der Waals surface area (Å²) in [6.07, 6.45) is 2.03. The van der Waals surface area contributed by atoms with Crippen molar-refractivity contribution >= 4 is 17.6 Å². The van der Waals surface area contributed by atoms with Crippen molar-refractivity contribution in [1.29, 1.82) is 5.41 Å². The Kier molecular flexibility index (Phi) is 2.90. The molecule has 0 bridgehead atoms. The topological polar surface area (TPSA) is 101 Å². The van der Waals surface area contributed by atoms with Crippen molar-refractivity contribution in [3.8, 4) is 0 Å². The fraction of sp³-hybridized carbons (Fsp3) is 0.250. The van der Waals surface area contributed by atoms with Gasteiger partial charge in [0.05, 0.1) is 0 Å². The van der Waals surface area contributed by atoms with E-state index in [0.717, 1.165) is 17.7 Å². The molecule has 1 aliphatic rings. The quantitative estimate of drug-likeness (QED) is 0.579. The van der Waals surface area contributed by atoms with Gasteiger partial charge in [0, 0.05) is 16.5 Å². The average molecular weight is 275 g/mol. The van der Waals surface area contributed by atoms with E-state index in [9.17, 15) is 4.79 Å². The molecule has 98 valence electrons. The molecule has 1 aromatic carbocycles. The first-order valence-corrected chi connectivity index (χ1v) is 6.76. The summed E-state index contributed by atoms with van der Waals surface area (Å²) in [4.78, 5) is 12.5. The maximum atomic E-state index is 11.7. The Balaban J connectivity index is 1.98. The van der Waals surface area contributed by atoms with Crippen LogP contribution in [0.4, 0.5) is 0 Å². The summed E-state index contributed by atoms with van der Waals surface area (Å²) in [5.74, 6) is 0.0129. The van der Waals surface area contributed by atoms with Crippen LogP contribution < -0.4 is 11.4 Å². The van der Waals surface area contributed by atoms with E-state index in [1.807, 2.05) is 18.2 Å². The number of nitrogens with one attached hydrogen (secondary N) is 2. The zero-order valence-corrected chi connectivity index (χ0v) is 10.9. The first kappa shape index (κ1) is 12.0. The van der Waals surface area contributed by atoms with Crippen LogP contribution in [-0.2, 0) is 0 Å². The molecule has 1 saturated carbocycles. The zero-order chi connectivity index (χ0) is 13.4. The number of rotatable bonds is 4. The molecular formula is C12H13N5OS. The largest absolute Gasteiger partial charge is 0.384 e. The first-order chi connectivity index (χ1) is 9.16. The molecule has 6 nitrogen and oxygen atoms in total. The Morgan fingerprint density at radius 3 is 2.89 bits per heavy atom. The van der Waals surface area contributed by atoms with E-state index in [4.69, 9.17) is 11.1 Å². The molecule has 2 aromatic rings. The van der Waals surface area contributed by atoms with Crippen LogP contribution >= 0.6 is 11.8 Å². The maximum absolute atomic E-state index is 11.7. The van der Waals surface area contributed by atoms with Gasteiger partial charge in [-0.15, -0.1) is 5.10 Å². The summed E-state index contributed by atoms with van der Waals surface area (Å²) >= 11 is 1.36. The number of nitrogen functional groups attached to an aromatic ring is 1. The highest BCUT2D eigenvalue weighted by Crippen LogP contribution is 2.38. The standard InChI is InChI=1S/C12H13N5OS/c13-10(14)8-3-1-2-4-9(8)19-12-16-15-11(18)17(12)7-5-6-7/h1-4,7H,5-6H2,(H3,13,14)(H,15,18). The Labute approximate surface area is 113 Å². The normalized spacial score (nSPS) is 14.5. The Hall–Kier alpha value is -2.02. The maximum Gasteiger partial charge on any atom is 0.344 e. The predicted molar refractivity (Wildman–Crippen MR) is 72.7 cm³/mol. The molecule has 0 unspecified atom stereocenters. The molecule has 1 aliphatic carbocycles. The number of nitrogens with zero attached hydrogens (tertiary/aromatic N) is 2. The molecule has 0 amide bonds. The van der Waals surface area contributed by atoms with Gasteiger partial charge in [0.2, 0.25) is 0 Å². The third-order valence-corrected chi connectivity index (χ3v) is 4.01. The van der Waals surface area contributed by atoms with Crippen LogP contribution in [0.25, 0.3) is 0 Å². The predicted octanol–water partition coefficient (Wildman–Crippen LogP) is 1.34. The zero-order valence-electron chi connectivity index (χ0n) is 10.1. The molecule has 3 rings (SSSR count). The average Bonchev–Trinajstić information content (AvgIpc) is 3.15. The number of nitrogens with two attached hydrogens (primary N) is 1. The van der Waals surface area contributed by atoms with Gasteiger partial charge in [-0.3, -0.25) is 9.98 Å². The van der Waals surface area contributed by atoms with Crippen molar-refractivity contribution in [1.82, 2.24) is 14.8 Å². The van der Waals surface area contributed by atoms with Gasteiger partial charge >= 0.3 is 5.69 Å². The molecule has 7 heteroatoms. The van der Waals surface area contributed by atoms with Crippen molar-refractivity contribution in [3.05, 3.63) is 40.3 Å². The lowest BCUT2D eigenvalue weighted by Gasteiger charge is -2.07. The number of benzene rings is 1. The third kappa shape index (κ3) is 2.28. The van der Waals surface area contributed by atoms with Crippen LogP contribution in [0.3, 0.4) is 0 Å². The number of aromatic amines is 1. The summed E-state index contributed by atoms with van der Waals surface area (Å²) in [5, 5.41) is 14.7. The number of hydrogen-bond donors (Lipinski definition) is 3. The van der Waals surface area contributed by atoms with Crippen LogP contribution in [0.5, 0.6) is 0 Å². The molecule has 1 aromatic heterocycles. The smallest absolute Gasteiger partial charge is 0.344 e. The van der Waals surface area contributed by atoms with E-state index in [-0.39, 0.29) is 17.6 Å². The summed E-state index contributed by atoms with van der Waals surface area (Å²) in [7, 11) is 0. The lowest BCUT2D eigenvalue weighted by Crippen LogP contribution is -2.16. The minimum Gasteiger partial charge on any atom is -0.384 e. The fourth-order valence-electron chi connectivity index (χ4n) is 1.89. The SMILES string of the molecule is N=C(N)c1ccccc1Sc1n[nH]c(=O)n1C1CC1. The second-order valence-electron chi connectivity index (χ2n) is 4.42. The third-order valence-electron chi connectivity index (χ3n) is 2.96. The Bertz CT molecular complexity index is 685. The van der Waals surface area contributed by atoms with E-state index in [2.05, 4.69) is 10.2 Å². The van der Waals surface area contributed by atoms with Gasteiger partial charge in [0.1, 0.15) is 5.84 Å². The number of H-pyrrole nitrogens is 1. The van der Waals surface area contributed by atoms with Gasteiger partial charge in [-0.25, -0.2) is 9.89 Å². The van der Waals surface area contributed by atoms with Gasteiger partial charge in [-0.1, -0.05) is 18.2 Å². The van der Waals surface area contributed by atoms with Gasteiger partial charge in [-0.2, -0.15) is 0 Å². The Morgan fingerprint density at radius 1 is 1.47 bits per heavy atom. The van der Waals surface area contributed by atoms with Crippen LogP contribution in [0.15, 0.2) is 39.1 Å². The number of amidine groups is 1. The van der Waals surface area contributed by atoms with Gasteiger partial charge in [0.15, 0.2) is 5.16 Å². The summed E-state index contributed by atoms with van der Waals surface area (Å²) in [6.45, 7) is 0. The van der Waals surface area contributed by atoms with Crippen molar-refractivity contribution in [3.63, 3.8) is 0 Å². The molecule has 4 N–H and O–H groups in total. The van der Waals surface area contributed by atoms with Crippen LogP contribution in [0.1, 0.15) is 24.4 Å². The molecule has 0 aliphatic heterocycles. The van der Waals surface area contributed by atoms with E-state index in [1.165, 1.54) is 11.8 Å². The summed E-state index contributed by atoms with van der Waals surface area (Å²) in [5.41, 5.74) is 6.04. The minimum atomic E-state index is -0.176. The van der Waals surface area contributed by atoms with Crippen molar-refractivity contribution in [2.45, 2.75) is 28.9 Å². The van der Waals surface area contributed by atoms with Crippen LogP contribution in [0, 0.1) is 5.41 Å². The van der Waals surface area contributed by atoms with Crippen LogP contribution in [0.2, 0.25) is 0 Å². The summed E-state index contributed by atoms with van der Waals surface area (Å²) < 4.78 is 1.68. The number of aromatic nitrogens is 3. The molecule has 1 heterocycles. The van der Waals surface area contributed by atoms with E-state index >= 15 is 0 Å². The second kappa shape index (κ2) is 4.58. The number of hydrogen-bond acceptors (Lipinski definition) is 4. The molecule has 19 heavy (non-hydrogen) atoms. The van der Waals surface area contributed by atoms with E-state index in [0.29, 0.717) is 10.7 Å². The fourth-order valence-corrected chi connectivity index (χ4v) is 2.95. The van der Waals surface area contributed by atoms with E-state index in [1.54, 1.807) is 10.6 Å². The van der Waals surface area contributed by atoms with Crippen LogP contribution in [-0.4, -0.2) is 20.6 Å². The minimum absolute atomic E-state index is 0.0129. The molecule has 0 atom stereocenters. The van der Waals surface area contributed by atoms with Gasteiger partial charge in [0.25, 0.3) is 0 Å². The van der Waals surface area contributed by atoms with Gasteiger partial charge in [-0.05, 0) is 30.7 Å². The lowest BCUT2D eigenvalue weighted by atomic mass is 10.2. The molecule has 0 radical (unpaired) electrons. The summed E-state index contributed by atoms with van der Waals surface area (Å²) in [6, 6.07) is 7.63. The monoisotopic (exact) mass is 275 g/mol. The van der Waals surface area contributed by atoms with Crippen molar-refractivity contribution < 1.29 is 0 Å². The molecular weight excluding hydrogens is 262 g/mol. The van der Waals surface area contributed by atoms with E-state index < -0.39 is 0 Å². The highest BCUT2D eigenvalue weighted by Gasteiger charge is 2.29. The molecule has 0 spiro atoms. The van der Waals surface area contributed by atoms with Crippen molar-refractivity contribution in [2.75, 3.05) is 0 Å². The Morgan fingerprint density at radius 2 is 2.21 bits per heavy atom.